The van der Waals surface area contributed by atoms with E-state index < -0.39 is 26.9 Å². The SMILES string of the molecule is CC1(C)C(N)=NC2(c3cc(Nc4nccc5cc(Cl)cnc45)ccc3F)CC2S1=O. The molecule has 154 valence electrons. The Bertz CT molecular complexity index is 1260. The van der Waals surface area contributed by atoms with Crippen molar-refractivity contribution >= 4 is 50.6 Å². The zero-order valence-electron chi connectivity index (χ0n) is 16.3. The lowest BCUT2D eigenvalue weighted by Crippen LogP contribution is -2.48. The maximum atomic E-state index is 14.8. The molecule has 0 saturated heterocycles. The van der Waals surface area contributed by atoms with Gasteiger partial charge >= 0.3 is 0 Å². The fourth-order valence-electron chi connectivity index (χ4n) is 3.94. The highest BCUT2D eigenvalue weighted by molar-refractivity contribution is 7.88. The molecule has 0 amide bonds. The summed E-state index contributed by atoms with van der Waals surface area (Å²) in [4.78, 5) is 13.3. The highest BCUT2D eigenvalue weighted by Crippen LogP contribution is 2.58. The van der Waals surface area contributed by atoms with Crippen molar-refractivity contribution in [3.8, 4) is 0 Å². The van der Waals surface area contributed by atoms with Gasteiger partial charge in [-0.1, -0.05) is 11.6 Å². The van der Waals surface area contributed by atoms with Crippen LogP contribution in [-0.4, -0.2) is 30.0 Å². The summed E-state index contributed by atoms with van der Waals surface area (Å²) in [7, 11) is -1.24. The normalized spacial score (nSPS) is 26.7. The van der Waals surface area contributed by atoms with Crippen molar-refractivity contribution in [2.24, 2.45) is 10.7 Å². The number of nitrogens with one attached hydrogen (secondary N) is 1. The van der Waals surface area contributed by atoms with E-state index in [1.807, 2.05) is 19.9 Å². The maximum Gasteiger partial charge on any atom is 0.156 e. The molecule has 9 heteroatoms. The lowest BCUT2D eigenvalue weighted by Gasteiger charge is -2.31. The van der Waals surface area contributed by atoms with E-state index in [-0.39, 0.29) is 5.25 Å². The summed E-state index contributed by atoms with van der Waals surface area (Å²) in [6, 6.07) is 8.32. The Labute approximate surface area is 180 Å². The third-order valence-electron chi connectivity index (χ3n) is 5.83. The average Bonchev–Trinajstić information content (AvgIpc) is 3.43. The number of anilines is 2. The first kappa shape index (κ1) is 19.4. The van der Waals surface area contributed by atoms with E-state index in [4.69, 9.17) is 17.3 Å². The molecule has 1 fully saturated rings. The molecule has 30 heavy (non-hydrogen) atoms. The Morgan fingerprint density at radius 3 is 2.87 bits per heavy atom. The summed E-state index contributed by atoms with van der Waals surface area (Å²) < 4.78 is 27.0. The second kappa shape index (κ2) is 6.46. The van der Waals surface area contributed by atoms with Gasteiger partial charge < -0.3 is 11.1 Å². The molecule has 5 rings (SSSR count). The lowest BCUT2D eigenvalue weighted by molar-refractivity contribution is 0.572. The molecule has 1 aliphatic carbocycles. The highest BCUT2D eigenvalue weighted by atomic mass is 35.5. The van der Waals surface area contributed by atoms with Gasteiger partial charge in [-0.2, -0.15) is 0 Å². The quantitative estimate of drug-likeness (QED) is 0.637. The van der Waals surface area contributed by atoms with E-state index in [2.05, 4.69) is 20.3 Å². The van der Waals surface area contributed by atoms with E-state index in [1.165, 1.54) is 6.07 Å². The molecular weight excluding hydrogens is 425 g/mol. The van der Waals surface area contributed by atoms with Crippen LogP contribution in [0.1, 0.15) is 25.8 Å². The number of benzene rings is 1. The van der Waals surface area contributed by atoms with E-state index >= 15 is 0 Å². The van der Waals surface area contributed by atoms with Crippen molar-refractivity contribution in [3.63, 3.8) is 0 Å². The van der Waals surface area contributed by atoms with Crippen LogP contribution in [-0.2, 0) is 16.3 Å². The van der Waals surface area contributed by atoms with Crippen LogP contribution in [0.3, 0.4) is 0 Å². The van der Waals surface area contributed by atoms with Gasteiger partial charge in [-0.25, -0.2) is 9.37 Å². The number of hydrogen-bond donors (Lipinski definition) is 2. The van der Waals surface area contributed by atoms with Crippen molar-refractivity contribution in [3.05, 3.63) is 59.1 Å². The van der Waals surface area contributed by atoms with E-state index in [9.17, 15) is 8.60 Å². The predicted molar refractivity (Wildman–Crippen MR) is 118 cm³/mol. The lowest BCUT2D eigenvalue weighted by atomic mass is 10.0. The number of nitrogens with two attached hydrogens (primary N) is 1. The Hall–Kier alpha value is -2.58. The van der Waals surface area contributed by atoms with Gasteiger partial charge in [0.25, 0.3) is 0 Å². The average molecular weight is 444 g/mol. The first-order chi connectivity index (χ1) is 14.2. The summed E-state index contributed by atoms with van der Waals surface area (Å²) in [6.45, 7) is 3.62. The van der Waals surface area contributed by atoms with Gasteiger partial charge in [-0.15, -0.1) is 0 Å². The summed E-state index contributed by atoms with van der Waals surface area (Å²) in [5.74, 6) is 0.430. The van der Waals surface area contributed by atoms with Crippen LogP contribution in [0.25, 0.3) is 10.9 Å². The van der Waals surface area contributed by atoms with Gasteiger partial charge in [0.2, 0.25) is 0 Å². The van der Waals surface area contributed by atoms with Gasteiger partial charge in [-0.05, 0) is 50.6 Å². The minimum atomic E-state index is -1.24. The zero-order valence-corrected chi connectivity index (χ0v) is 17.9. The van der Waals surface area contributed by atoms with Gasteiger partial charge in [0, 0.05) is 39.8 Å². The summed E-state index contributed by atoms with van der Waals surface area (Å²) in [5.41, 5.74) is 6.92. The molecule has 3 unspecified atom stereocenters. The number of aliphatic imine (C=N–C) groups is 1. The summed E-state index contributed by atoms with van der Waals surface area (Å²) in [6.07, 6.45) is 3.72. The molecular formula is C21H19ClFN5OS. The minimum absolute atomic E-state index is 0.246. The predicted octanol–water partition coefficient (Wildman–Crippen LogP) is 4.03. The molecule has 3 aromatic rings. The van der Waals surface area contributed by atoms with Crippen molar-refractivity contribution < 1.29 is 8.60 Å². The molecule has 0 spiro atoms. The van der Waals surface area contributed by atoms with Gasteiger partial charge in [0.1, 0.15) is 22.7 Å². The molecule has 2 aliphatic rings. The number of rotatable bonds is 3. The highest BCUT2D eigenvalue weighted by Gasteiger charge is 2.66. The van der Waals surface area contributed by atoms with E-state index in [0.717, 1.165) is 5.39 Å². The molecule has 1 saturated carbocycles. The van der Waals surface area contributed by atoms with Crippen molar-refractivity contribution in [2.45, 2.75) is 35.8 Å². The van der Waals surface area contributed by atoms with Crippen LogP contribution in [0.5, 0.6) is 0 Å². The van der Waals surface area contributed by atoms with Crippen LogP contribution in [0.2, 0.25) is 5.02 Å². The number of halogens is 2. The second-order valence-corrected chi connectivity index (χ2v) is 10.7. The van der Waals surface area contributed by atoms with E-state index in [1.54, 1.807) is 30.6 Å². The third kappa shape index (κ3) is 2.81. The van der Waals surface area contributed by atoms with Crippen LogP contribution in [0, 0.1) is 5.82 Å². The third-order valence-corrected chi connectivity index (χ3v) is 8.32. The first-order valence-corrected chi connectivity index (χ1v) is 11.1. The number of aromatic nitrogens is 2. The summed E-state index contributed by atoms with van der Waals surface area (Å²) in [5, 5.41) is 4.33. The van der Waals surface area contributed by atoms with Crippen molar-refractivity contribution in [1.82, 2.24) is 9.97 Å². The maximum absolute atomic E-state index is 14.8. The second-order valence-electron chi connectivity index (χ2n) is 8.13. The zero-order chi connectivity index (χ0) is 21.3. The molecule has 6 nitrogen and oxygen atoms in total. The first-order valence-electron chi connectivity index (χ1n) is 9.46. The Morgan fingerprint density at radius 2 is 2.07 bits per heavy atom. The largest absolute Gasteiger partial charge is 0.386 e. The van der Waals surface area contributed by atoms with Gasteiger partial charge in [-0.3, -0.25) is 14.2 Å². The molecule has 1 aliphatic heterocycles. The molecule has 3 atom stereocenters. The molecule has 3 heterocycles. The number of pyridine rings is 2. The van der Waals surface area contributed by atoms with Crippen LogP contribution in [0.15, 0.2) is 47.7 Å². The number of amidine groups is 1. The number of fused-ring (bicyclic) bond motifs is 2. The Balaban J connectivity index is 1.55. The smallest absolute Gasteiger partial charge is 0.156 e. The Kier molecular flexibility index (Phi) is 4.17. The Morgan fingerprint density at radius 1 is 1.27 bits per heavy atom. The topological polar surface area (TPSA) is 93.3 Å². The summed E-state index contributed by atoms with van der Waals surface area (Å²) >= 11 is 6.03. The number of hydrogen-bond acceptors (Lipinski definition) is 6. The van der Waals surface area contributed by atoms with Gasteiger partial charge in [0.15, 0.2) is 5.82 Å². The fourth-order valence-corrected chi connectivity index (χ4v) is 6.01. The molecule has 3 N–H and O–H groups in total. The van der Waals surface area contributed by atoms with E-state index in [0.29, 0.717) is 39.9 Å². The van der Waals surface area contributed by atoms with Crippen LogP contribution >= 0.6 is 11.6 Å². The van der Waals surface area contributed by atoms with Crippen molar-refractivity contribution in [2.75, 3.05) is 5.32 Å². The molecule has 1 aromatic carbocycles. The monoisotopic (exact) mass is 443 g/mol. The van der Waals surface area contributed by atoms with Crippen molar-refractivity contribution in [1.29, 1.82) is 0 Å². The minimum Gasteiger partial charge on any atom is -0.386 e. The van der Waals surface area contributed by atoms with Crippen LogP contribution in [0.4, 0.5) is 15.9 Å². The molecule has 2 aromatic heterocycles. The molecule has 0 radical (unpaired) electrons. The number of nitrogens with zero attached hydrogens (tertiary/aromatic N) is 3. The van der Waals surface area contributed by atoms with Gasteiger partial charge in [0.05, 0.1) is 15.0 Å². The molecule has 0 bridgehead atoms. The van der Waals surface area contributed by atoms with Crippen LogP contribution < -0.4 is 11.1 Å². The fraction of sp³-hybridized carbons (Fsp3) is 0.286. The standard InChI is InChI=1S/C21H19ClFN5OS/c1-20(2)19(24)28-21(9-16(21)30(20)29)14-8-13(3-4-15(14)23)27-18-17-11(5-6-25-18)7-12(22)10-26-17/h3-8,10,16H,9H2,1-2H3,(H2,24,28)(H,25,27).